The molecule has 1 N–H and O–H groups in total. The summed E-state index contributed by atoms with van der Waals surface area (Å²) in [5.41, 5.74) is 0.812. The Bertz CT molecular complexity index is 1580. The van der Waals surface area contributed by atoms with Crippen LogP contribution in [0.2, 0.25) is 15.1 Å². The normalized spacial score (nSPS) is 11.4. The van der Waals surface area contributed by atoms with Gasteiger partial charge < -0.3 is 5.32 Å². The van der Waals surface area contributed by atoms with Crippen molar-refractivity contribution in [2.45, 2.75) is 11.4 Å². The summed E-state index contributed by atoms with van der Waals surface area (Å²) >= 11 is 18.4. The molecule has 0 aliphatic heterocycles. The molecule has 0 bridgehead atoms. The summed E-state index contributed by atoms with van der Waals surface area (Å²) in [6.45, 7) is 0.252. The summed E-state index contributed by atoms with van der Waals surface area (Å²) in [5.74, 6) is -0.657. The lowest BCUT2D eigenvalue weighted by Gasteiger charge is -2.13. The lowest BCUT2D eigenvalue weighted by molar-refractivity contribution is 0.102. The van der Waals surface area contributed by atoms with Crippen molar-refractivity contribution in [3.63, 3.8) is 0 Å². The molecule has 0 spiro atoms. The van der Waals surface area contributed by atoms with Crippen molar-refractivity contribution in [1.82, 2.24) is 9.36 Å². The maximum atomic E-state index is 13.4. The van der Waals surface area contributed by atoms with Gasteiger partial charge in [-0.3, -0.25) is 14.3 Å². The number of aromatic nitrogens is 2. The van der Waals surface area contributed by atoms with Gasteiger partial charge in [-0.15, -0.1) is 0 Å². The zero-order valence-corrected chi connectivity index (χ0v) is 21.3. The van der Waals surface area contributed by atoms with Crippen LogP contribution < -0.4 is 10.9 Å². The van der Waals surface area contributed by atoms with E-state index < -0.39 is 21.3 Å². The Morgan fingerprint density at radius 1 is 0.914 bits per heavy atom. The van der Waals surface area contributed by atoms with Gasteiger partial charge in [0.15, 0.2) is 9.84 Å². The van der Waals surface area contributed by atoms with Crippen molar-refractivity contribution >= 4 is 56.2 Å². The Balaban J connectivity index is 1.74. The molecule has 0 fully saturated rings. The lowest BCUT2D eigenvalue weighted by atomic mass is 10.2. The first-order valence-electron chi connectivity index (χ1n) is 10.2. The Labute approximate surface area is 216 Å². The molecule has 1 amide bonds. The number of nitrogens with one attached hydrogen (secondary N) is 1. The van der Waals surface area contributed by atoms with Crippen LogP contribution in [0.4, 0.5) is 5.69 Å². The summed E-state index contributed by atoms with van der Waals surface area (Å²) in [6.07, 6.45) is 2.52. The van der Waals surface area contributed by atoms with E-state index in [1.807, 2.05) is 12.1 Å². The van der Waals surface area contributed by atoms with Crippen molar-refractivity contribution in [3.05, 3.63) is 109 Å². The number of carbonyl (C=O) groups excluding carboxylic acids is 1. The predicted molar refractivity (Wildman–Crippen MR) is 138 cm³/mol. The minimum Gasteiger partial charge on any atom is -0.322 e. The van der Waals surface area contributed by atoms with Crippen LogP contribution in [0.3, 0.4) is 0 Å². The fourth-order valence-corrected chi connectivity index (χ4v) is 4.67. The van der Waals surface area contributed by atoms with Crippen LogP contribution in [0.5, 0.6) is 0 Å². The maximum absolute atomic E-state index is 13.4. The quantitative estimate of drug-likeness (QED) is 0.353. The van der Waals surface area contributed by atoms with Crippen molar-refractivity contribution in [2.24, 2.45) is 0 Å². The van der Waals surface area contributed by atoms with Gasteiger partial charge in [-0.2, -0.15) is 0 Å². The van der Waals surface area contributed by atoms with Crippen molar-refractivity contribution in [2.75, 3.05) is 11.6 Å². The van der Waals surface area contributed by atoms with Gasteiger partial charge >= 0.3 is 0 Å². The molecule has 3 aromatic carbocycles. The topological polar surface area (TPSA) is 90.2 Å². The average Bonchev–Trinajstić information content (AvgIpc) is 3.11. The van der Waals surface area contributed by atoms with E-state index in [1.165, 1.54) is 41.2 Å². The van der Waals surface area contributed by atoms with E-state index in [1.54, 1.807) is 28.9 Å². The van der Waals surface area contributed by atoms with Gasteiger partial charge in [-0.05, 0) is 60.2 Å². The van der Waals surface area contributed by atoms with Crippen molar-refractivity contribution in [1.29, 1.82) is 0 Å². The van der Waals surface area contributed by atoms with Crippen LogP contribution in [0.1, 0.15) is 15.9 Å². The molecule has 4 rings (SSSR count). The average molecular weight is 551 g/mol. The second-order valence-corrected chi connectivity index (χ2v) is 11.0. The van der Waals surface area contributed by atoms with E-state index in [0.717, 1.165) is 11.8 Å². The fourth-order valence-electron chi connectivity index (χ4n) is 3.43. The Morgan fingerprint density at radius 3 is 2.14 bits per heavy atom. The second kappa shape index (κ2) is 9.91. The molecule has 180 valence electrons. The smallest absolute Gasteiger partial charge is 0.284 e. The number of sulfone groups is 1. The van der Waals surface area contributed by atoms with E-state index >= 15 is 0 Å². The van der Waals surface area contributed by atoms with Crippen molar-refractivity contribution in [3.8, 4) is 5.69 Å². The molecule has 0 aliphatic rings. The minimum absolute atomic E-state index is 0.115. The van der Waals surface area contributed by atoms with E-state index in [-0.39, 0.29) is 22.0 Å². The highest BCUT2D eigenvalue weighted by Gasteiger charge is 2.21. The highest BCUT2D eigenvalue weighted by molar-refractivity contribution is 7.90. The highest BCUT2D eigenvalue weighted by Crippen LogP contribution is 2.24. The van der Waals surface area contributed by atoms with Gasteiger partial charge in [-0.1, -0.05) is 46.9 Å². The summed E-state index contributed by atoms with van der Waals surface area (Å²) < 4.78 is 26.2. The fraction of sp³-hybridized carbons (Fsp3) is 0.0833. The number of rotatable bonds is 6. The molecule has 11 heteroatoms. The van der Waals surface area contributed by atoms with Gasteiger partial charge in [0, 0.05) is 28.2 Å². The Morgan fingerprint density at radius 2 is 1.54 bits per heavy atom. The number of amides is 1. The van der Waals surface area contributed by atoms with Crippen LogP contribution in [0, 0.1) is 0 Å². The molecule has 0 saturated carbocycles. The van der Waals surface area contributed by atoms with Gasteiger partial charge in [0.1, 0.15) is 5.56 Å². The van der Waals surface area contributed by atoms with Crippen LogP contribution in [-0.2, 0) is 16.4 Å². The van der Waals surface area contributed by atoms with Gasteiger partial charge in [0.25, 0.3) is 11.5 Å². The monoisotopic (exact) mass is 549 g/mol. The molecular formula is C24H18Cl3N3O4S. The molecule has 1 aromatic heterocycles. The van der Waals surface area contributed by atoms with Gasteiger partial charge in [0.05, 0.1) is 22.2 Å². The molecule has 0 unspecified atom stereocenters. The third-order valence-electron chi connectivity index (χ3n) is 5.14. The van der Waals surface area contributed by atoms with E-state index in [0.29, 0.717) is 21.4 Å². The Hall–Kier alpha value is -3.04. The first-order chi connectivity index (χ1) is 16.5. The molecule has 0 atom stereocenters. The Kier molecular flexibility index (Phi) is 7.10. The van der Waals surface area contributed by atoms with Crippen LogP contribution in [-0.4, -0.2) is 29.9 Å². The highest BCUT2D eigenvalue weighted by atomic mass is 35.5. The first-order valence-corrected chi connectivity index (χ1v) is 13.2. The number of hydrogen-bond donors (Lipinski definition) is 1. The van der Waals surface area contributed by atoms with E-state index in [9.17, 15) is 18.0 Å². The number of benzene rings is 3. The third kappa shape index (κ3) is 5.62. The summed E-state index contributed by atoms with van der Waals surface area (Å²) in [7, 11) is -3.38. The molecule has 1 heterocycles. The van der Waals surface area contributed by atoms with Crippen LogP contribution >= 0.6 is 34.8 Å². The van der Waals surface area contributed by atoms with Crippen LogP contribution in [0.15, 0.2) is 82.6 Å². The number of carbonyl (C=O) groups is 1. The predicted octanol–water partition coefficient (Wildman–Crippen LogP) is 5.30. The summed E-state index contributed by atoms with van der Waals surface area (Å²) in [5, 5.41) is 3.84. The van der Waals surface area contributed by atoms with Crippen LogP contribution in [0.25, 0.3) is 5.69 Å². The standard InChI is InChI=1S/C24H18Cl3N3O4S/c1-35(33,34)19-9-7-18(8-10-19)28-23(31)20-14-29(13-15-2-4-16(25)5-3-15)30(24(20)32)22-11-6-17(26)12-21(22)27/h2-12,14H,13H2,1H3,(H,28,31). The zero-order valence-electron chi connectivity index (χ0n) is 18.2. The third-order valence-corrected chi connectivity index (χ3v) is 7.06. The maximum Gasteiger partial charge on any atom is 0.284 e. The van der Waals surface area contributed by atoms with E-state index in [2.05, 4.69) is 5.32 Å². The number of hydrogen-bond acceptors (Lipinski definition) is 4. The largest absolute Gasteiger partial charge is 0.322 e. The molecule has 4 aromatic rings. The second-order valence-electron chi connectivity index (χ2n) is 7.73. The van der Waals surface area contributed by atoms with Gasteiger partial charge in [-0.25, -0.2) is 13.1 Å². The number of halogens is 3. The van der Waals surface area contributed by atoms with Gasteiger partial charge in [0.2, 0.25) is 0 Å². The number of anilines is 1. The summed E-state index contributed by atoms with van der Waals surface area (Å²) in [4.78, 5) is 26.5. The SMILES string of the molecule is CS(=O)(=O)c1ccc(NC(=O)c2cn(Cc3ccc(Cl)cc3)n(-c3ccc(Cl)cc3Cl)c2=O)cc1. The molecule has 0 aliphatic carbocycles. The molecular weight excluding hydrogens is 533 g/mol. The summed E-state index contributed by atoms with van der Waals surface area (Å²) in [6, 6.07) is 17.4. The first kappa shape index (κ1) is 25.1. The zero-order chi connectivity index (χ0) is 25.3. The lowest BCUT2D eigenvalue weighted by Crippen LogP contribution is -2.26. The molecule has 35 heavy (non-hydrogen) atoms. The van der Waals surface area contributed by atoms with E-state index in [4.69, 9.17) is 34.8 Å². The minimum atomic E-state index is -3.38. The van der Waals surface area contributed by atoms with Crippen molar-refractivity contribution < 1.29 is 13.2 Å². The molecule has 0 radical (unpaired) electrons. The number of nitrogens with zero attached hydrogens (tertiary/aromatic N) is 2. The molecule has 0 saturated heterocycles. The molecule has 7 nitrogen and oxygen atoms in total.